The zero-order valence-electron chi connectivity index (χ0n) is 6.55. The van der Waals surface area contributed by atoms with Gasteiger partial charge in [-0.15, -0.1) is 0 Å². The SMILES string of the molecule is O=C(O)CNc1cc(Br)ccc1I. The molecule has 1 rings (SSSR count). The van der Waals surface area contributed by atoms with Gasteiger partial charge in [0.15, 0.2) is 0 Å². The molecule has 1 aromatic carbocycles. The highest BCUT2D eigenvalue weighted by Gasteiger charge is 2.01. The van der Waals surface area contributed by atoms with Crippen molar-refractivity contribution in [2.45, 2.75) is 0 Å². The van der Waals surface area contributed by atoms with Gasteiger partial charge in [0.2, 0.25) is 0 Å². The molecule has 0 atom stereocenters. The molecular weight excluding hydrogens is 349 g/mol. The fourth-order valence-corrected chi connectivity index (χ4v) is 1.69. The van der Waals surface area contributed by atoms with Gasteiger partial charge in [-0.05, 0) is 40.8 Å². The first kappa shape index (κ1) is 10.8. The Hall–Kier alpha value is -0.300. The van der Waals surface area contributed by atoms with E-state index in [1.807, 2.05) is 18.2 Å². The third kappa shape index (κ3) is 3.51. The molecule has 13 heavy (non-hydrogen) atoms. The fraction of sp³-hybridized carbons (Fsp3) is 0.125. The van der Waals surface area contributed by atoms with Crippen LogP contribution in [0.2, 0.25) is 0 Å². The highest BCUT2D eigenvalue weighted by atomic mass is 127. The Morgan fingerprint density at radius 2 is 2.31 bits per heavy atom. The summed E-state index contributed by atoms with van der Waals surface area (Å²) in [5, 5.41) is 11.3. The predicted octanol–water partition coefficient (Wildman–Crippen LogP) is 2.55. The summed E-state index contributed by atoms with van der Waals surface area (Å²) in [5.41, 5.74) is 0.831. The van der Waals surface area contributed by atoms with Gasteiger partial charge in [0, 0.05) is 13.7 Å². The summed E-state index contributed by atoms with van der Waals surface area (Å²) in [6.45, 7) is -0.0630. The number of benzene rings is 1. The number of hydrogen-bond donors (Lipinski definition) is 2. The van der Waals surface area contributed by atoms with Gasteiger partial charge in [-0.25, -0.2) is 0 Å². The zero-order chi connectivity index (χ0) is 9.84. The van der Waals surface area contributed by atoms with Crippen molar-refractivity contribution in [2.75, 3.05) is 11.9 Å². The van der Waals surface area contributed by atoms with Crippen LogP contribution in [0.5, 0.6) is 0 Å². The second-order valence-corrected chi connectivity index (χ2v) is 4.45. The predicted molar refractivity (Wildman–Crippen MR) is 63.0 cm³/mol. The van der Waals surface area contributed by atoms with Crippen molar-refractivity contribution in [3.63, 3.8) is 0 Å². The van der Waals surface area contributed by atoms with Crippen LogP contribution in [0.15, 0.2) is 22.7 Å². The van der Waals surface area contributed by atoms with E-state index in [1.165, 1.54) is 0 Å². The quantitative estimate of drug-likeness (QED) is 0.819. The number of aliphatic carboxylic acids is 1. The number of halogens is 2. The van der Waals surface area contributed by atoms with Gasteiger partial charge < -0.3 is 10.4 Å². The van der Waals surface area contributed by atoms with Crippen molar-refractivity contribution < 1.29 is 9.90 Å². The van der Waals surface area contributed by atoms with Crippen LogP contribution in [0.1, 0.15) is 0 Å². The minimum atomic E-state index is -0.865. The van der Waals surface area contributed by atoms with E-state index in [1.54, 1.807) is 0 Å². The molecule has 0 heterocycles. The fourth-order valence-electron chi connectivity index (χ4n) is 0.804. The molecule has 0 bridgehead atoms. The van der Waals surface area contributed by atoms with Crippen LogP contribution >= 0.6 is 38.5 Å². The van der Waals surface area contributed by atoms with Crippen molar-refractivity contribution >= 4 is 50.2 Å². The number of carboxylic acid groups (broad SMARTS) is 1. The summed E-state index contributed by atoms with van der Waals surface area (Å²) in [5.74, 6) is -0.865. The zero-order valence-corrected chi connectivity index (χ0v) is 10.3. The molecule has 5 heteroatoms. The lowest BCUT2D eigenvalue weighted by Gasteiger charge is -2.05. The van der Waals surface area contributed by atoms with Gasteiger partial charge in [-0.1, -0.05) is 15.9 Å². The van der Waals surface area contributed by atoms with Gasteiger partial charge in [0.25, 0.3) is 0 Å². The standard InChI is InChI=1S/C8H7BrINO2/c9-5-1-2-6(10)7(3-5)11-4-8(12)13/h1-3,11H,4H2,(H,12,13). The van der Waals surface area contributed by atoms with Crippen LogP contribution in [-0.4, -0.2) is 17.6 Å². The van der Waals surface area contributed by atoms with E-state index in [-0.39, 0.29) is 6.54 Å². The molecule has 2 N–H and O–H groups in total. The summed E-state index contributed by atoms with van der Waals surface area (Å²) < 4.78 is 1.93. The smallest absolute Gasteiger partial charge is 0.322 e. The number of rotatable bonds is 3. The van der Waals surface area contributed by atoms with Gasteiger partial charge in [-0.2, -0.15) is 0 Å². The first-order valence-electron chi connectivity index (χ1n) is 3.50. The highest BCUT2D eigenvalue weighted by Crippen LogP contribution is 2.22. The Morgan fingerprint density at radius 3 is 2.92 bits per heavy atom. The first-order valence-corrected chi connectivity index (χ1v) is 5.37. The van der Waals surface area contributed by atoms with Crippen LogP contribution in [0.25, 0.3) is 0 Å². The molecule has 0 aliphatic rings. The summed E-state index contributed by atoms with van der Waals surface area (Å²) in [7, 11) is 0. The lowest BCUT2D eigenvalue weighted by Crippen LogP contribution is -2.12. The van der Waals surface area contributed by atoms with Gasteiger partial charge in [-0.3, -0.25) is 4.79 Å². The molecule has 70 valence electrons. The number of anilines is 1. The third-order valence-corrected chi connectivity index (χ3v) is 2.79. The molecule has 0 radical (unpaired) electrons. The van der Waals surface area contributed by atoms with Crippen LogP contribution in [0, 0.1) is 3.57 Å². The number of carbonyl (C=O) groups is 1. The monoisotopic (exact) mass is 355 g/mol. The van der Waals surface area contributed by atoms with Gasteiger partial charge >= 0.3 is 5.97 Å². The molecule has 0 fully saturated rings. The van der Waals surface area contributed by atoms with E-state index >= 15 is 0 Å². The van der Waals surface area contributed by atoms with Crippen LogP contribution in [0.4, 0.5) is 5.69 Å². The maximum atomic E-state index is 10.3. The van der Waals surface area contributed by atoms with Crippen LogP contribution < -0.4 is 5.32 Å². The molecule has 0 aliphatic heterocycles. The van der Waals surface area contributed by atoms with E-state index in [0.29, 0.717) is 0 Å². The summed E-state index contributed by atoms with van der Waals surface area (Å²) in [4.78, 5) is 10.3. The second kappa shape index (κ2) is 4.80. The summed E-state index contributed by atoms with van der Waals surface area (Å²) in [6, 6.07) is 5.67. The van der Waals surface area contributed by atoms with Crippen molar-refractivity contribution in [3.8, 4) is 0 Å². The third-order valence-electron chi connectivity index (χ3n) is 1.36. The molecule has 0 amide bonds. The average Bonchev–Trinajstić information content (AvgIpc) is 2.06. The highest BCUT2D eigenvalue weighted by molar-refractivity contribution is 14.1. The van der Waals surface area contributed by atoms with Crippen molar-refractivity contribution in [3.05, 3.63) is 26.2 Å². The average molecular weight is 356 g/mol. The number of carboxylic acids is 1. The lowest BCUT2D eigenvalue weighted by molar-refractivity contribution is -0.134. The Kier molecular flexibility index (Phi) is 3.98. The Bertz CT molecular complexity index is 330. The lowest BCUT2D eigenvalue weighted by atomic mass is 10.3. The first-order chi connectivity index (χ1) is 6.09. The largest absolute Gasteiger partial charge is 0.480 e. The van der Waals surface area contributed by atoms with E-state index < -0.39 is 5.97 Å². The van der Waals surface area contributed by atoms with Gasteiger partial charge in [0.05, 0.1) is 0 Å². The molecule has 0 unspecified atom stereocenters. The molecule has 0 saturated carbocycles. The summed E-state index contributed by atoms with van der Waals surface area (Å²) >= 11 is 5.46. The van der Waals surface area contributed by atoms with E-state index in [0.717, 1.165) is 13.7 Å². The molecule has 0 spiro atoms. The maximum absolute atomic E-state index is 10.3. The molecular formula is C8H7BrINO2. The van der Waals surface area contributed by atoms with Crippen LogP contribution in [0.3, 0.4) is 0 Å². The molecule has 0 aliphatic carbocycles. The normalized spacial score (nSPS) is 9.69. The summed E-state index contributed by atoms with van der Waals surface area (Å²) in [6.07, 6.45) is 0. The Labute approximate surface area is 97.8 Å². The van der Waals surface area contributed by atoms with Crippen molar-refractivity contribution in [2.24, 2.45) is 0 Å². The maximum Gasteiger partial charge on any atom is 0.322 e. The van der Waals surface area contributed by atoms with Crippen LogP contribution in [-0.2, 0) is 4.79 Å². The van der Waals surface area contributed by atoms with E-state index in [2.05, 4.69) is 43.8 Å². The second-order valence-electron chi connectivity index (χ2n) is 2.37. The molecule has 0 aromatic heterocycles. The minimum absolute atomic E-state index is 0.0630. The number of hydrogen-bond acceptors (Lipinski definition) is 2. The Morgan fingerprint density at radius 1 is 1.62 bits per heavy atom. The molecule has 0 saturated heterocycles. The van der Waals surface area contributed by atoms with Crippen molar-refractivity contribution in [1.82, 2.24) is 0 Å². The van der Waals surface area contributed by atoms with Crippen molar-refractivity contribution in [1.29, 1.82) is 0 Å². The molecule has 1 aromatic rings. The molecule has 3 nitrogen and oxygen atoms in total. The number of nitrogens with one attached hydrogen (secondary N) is 1. The van der Waals surface area contributed by atoms with Gasteiger partial charge in [0.1, 0.15) is 6.54 Å². The minimum Gasteiger partial charge on any atom is -0.480 e. The topological polar surface area (TPSA) is 49.3 Å². The van der Waals surface area contributed by atoms with E-state index in [4.69, 9.17) is 5.11 Å². The van der Waals surface area contributed by atoms with E-state index in [9.17, 15) is 4.79 Å². The Balaban J connectivity index is 2.75.